The molecule has 0 unspecified atom stereocenters. The van der Waals surface area contributed by atoms with E-state index in [0.29, 0.717) is 12.6 Å². The van der Waals surface area contributed by atoms with E-state index >= 15 is 0 Å². The van der Waals surface area contributed by atoms with E-state index in [9.17, 15) is 4.79 Å². The van der Waals surface area contributed by atoms with E-state index < -0.39 is 0 Å². The van der Waals surface area contributed by atoms with Crippen molar-refractivity contribution in [1.29, 1.82) is 0 Å². The number of carbonyl (C=O) groups is 1. The SMILES string of the molecule is CC[C@@H](C)C(=O)N(Cc1ccncc1)C[C@@H]1CCCN1CC. The fraction of sp³-hybridized carbons (Fsp3) is 0.667. The first-order chi connectivity index (χ1) is 10.7. The largest absolute Gasteiger partial charge is 0.337 e. The predicted octanol–water partition coefficient (Wildman–Crippen LogP) is 2.94. The molecule has 1 aromatic heterocycles. The first kappa shape index (κ1) is 16.9. The number of carbonyl (C=O) groups excluding carboxylic acids is 1. The van der Waals surface area contributed by atoms with E-state index in [-0.39, 0.29) is 11.8 Å². The molecule has 2 heterocycles. The van der Waals surface area contributed by atoms with Crippen LogP contribution in [-0.2, 0) is 11.3 Å². The number of hydrogen-bond acceptors (Lipinski definition) is 3. The van der Waals surface area contributed by atoms with Crippen LogP contribution < -0.4 is 0 Å². The topological polar surface area (TPSA) is 36.4 Å². The van der Waals surface area contributed by atoms with Crippen molar-refractivity contribution < 1.29 is 4.79 Å². The number of aromatic nitrogens is 1. The van der Waals surface area contributed by atoms with E-state index in [1.807, 2.05) is 19.1 Å². The molecule has 4 nitrogen and oxygen atoms in total. The zero-order valence-electron chi connectivity index (χ0n) is 14.2. The lowest BCUT2D eigenvalue weighted by atomic mass is 10.1. The van der Waals surface area contributed by atoms with Crippen LogP contribution in [0, 0.1) is 5.92 Å². The van der Waals surface area contributed by atoms with Crippen molar-refractivity contribution in [3.8, 4) is 0 Å². The highest BCUT2D eigenvalue weighted by Crippen LogP contribution is 2.20. The molecule has 2 rings (SSSR count). The van der Waals surface area contributed by atoms with Crippen LogP contribution in [0.5, 0.6) is 0 Å². The van der Waals surface area contributed by atoms with Gasteiger partial charge in [-0.1, -0.05) is 20.8 Å². The van der Waals surface area contributed by atoms with Gasteiger partial charge >= 0.3 is 0 Å². The second-order valence-electron chi connectivity index (χ2n) is 6.31. The Morgan fingerprint density at radius 1 is 1.41 bits per heavy atom. The second-order valence-corrected chi connectivity index (χ2v) is 6.31. The van der Waals surface area contributed by atoms with Crippen LogP contribution in [0.2, 0.25) is 0 Å². The Kier molecular flexibility index (Phi) is 6.37. The molecule has 22 heavy (non-hydrogen) atoms. The highest BCUT2D eigenvalue weighted by atomic mass is 16.2. The Balaban J connectivity index is 2.09. The molecule has 0 saturated carbocycles. The van der Waals surface area contributed by atoms with E-state index in [1.165, 1.54) is 19.4 Å². The Hall–Kier alpha value is -1.42. The second kappa shape index (κ2) is 8.28. The molecule has 1 aliphatic rings. The first-order valence-electron chi connectivity index (χ1n) is 8.57. The summed E-state index contributed by atoms with van der Waals surface area (Å²) in [5.74, 6) is 0.376. The van der Waals surface area contributed by atoms with Crippen LogP contribution in [-0.4, -0.2) is 46.4 Å². The number of likely N-dealkylation sites (tertiary alicyclic amines) is 1. The molecule has 0 aliphatic carbocycles. The summed E-state index contributed by atoms with van der Waals surface area (Å²) in [6, 6.07) is 4.52. The zero-order valence-corrected chi connectivity index (χ0v) is 14.2. The third-order valence-corrected chi connectivity index (χ3v) is 4.80. The summed E-state index contributed by atoms with van der Waals surface area (Å²) in [4.78, 5) is 21.4. The fourth-order valence-electron chi connectivity index (χ4n) is 3.20. The fourth-order valence-corrected chi connectivity index (χ4v) is 3.20. The van der Waals surface area contributed by atoms with Gasteiger partial charge in [-0.05, 0) is 50.0 Å². The third-order valence-electron chi connectivity index (χ3n) is 4.80. The van der Waals surface area contributed by atoms with Gasteiger partial charge < -0.3 is 4.90 Å². The molecule has 1 amide bonds. The molecule has 0 bridgehead atoms. The molecule has 122 valence electrons. The van der Waals surface area contributed by atoms with Crippen LogP contribution in [0.3, 0.4) is 0 Å². The monoisotopic (exact) mass is 303 g/mol. The third kappa shape index (κ3) is 4.29. The Morgan fingerprint density at radius 3 is 2.77 bits per heavy atom. The Morgan fingerprint density at radius 2 is 2.14 bits per heavy atom. The van der Waals surface area contributed by atoms with Gasteiger partial charge in [0, 0.05) is 37.4 Å². The number of amides is 1. The average Bonchev–Trinajstić information content (AvgIpc) is 3.01. The summed E-state index contributed by atoms with van der Waals surface area (Å²) in [5, 5.41) is 0. The van der Waals surface area contributed by atoms with Gasteiger partial charge in [-0.2, -0.15) is 0 Å². The quantitative estimate of drug-likeness (QED) is 0.777. The molecule has 0 N–H and O–H groups in total. The van der Waals surface area contributed by atoms with Crippen molar-refractivity contribution >= 4 is 5.91 Å². The van der Waals surface area contributed by atoms with Crippen LogP contribution in [0.4, 0.5) is 0 Å². The maximum atomic E-state index is 12.8. The number of nitrogens with zero attached hydrogens (tertiary/aromatic N) is 3. The van der Waals surface area contributed by atoms with Gasteiger partial charge in [0.15, 0.2) is 0 Å². The highest BCUT2D eigenvalue weighted by molar-refractivity contribution is 5.78. The smallest absolute Gasteiger partial charge is 0.225 e. The lowest BCUT2D eigenvalue weighted by Crippen LogP contribution is -2.44. The predicted molar refractivity (Wildman–Crippen MR) is 89.4 cm³/mol. The van der Waals surface area contributed by atoms with Crippen LogP contribution >= 0.6 is 0 Å². The van der Waals surface area contributed by atoms with Gasteiger partial charge in [0.2, 0.25) is 5.91 Å². The average molecular weight is 303 g/mol. The van der Waals surface area contributed by atoms with E-state index in [4.69, 9.17) is 0 Å². The molecule has 2 atom stereocenters. The summed E-state index contributed by atoms with van der Waals surface area (Å²) in [7, 11) is 0. The summed E-state index contributed by atoms with van der Waals surface area (Å²) in [6.45, 7) is 10.1. The van der Waals surface area contributed by atoms with Crippen LogP contribution in [0.1, 0.15) is 45.6 Å². The van der Waals surface area contributed by atoms with Crippen LogP contribution in [0.15, 0.2) is 24.5 Å². The molecule has 1 fully saturated rings. The minimum Gasteiger partial charge on any atom is -0.337 e. The van der Waals surface area contributed by atoms with Gasteiger partial charge in [0.1, 0.15) is 0 Å². The van der Waals surface area contributed by atoms with E-state index in [2.05, 4.69) is 28.6 Å². The van der Waals surface area contributed by atoms with Gasteiger partial charge in [-0.3, -0.25) is 14.7 Å². The summed E-state index contributed by atoms with van der Waals surface area (Å²) in [6.07, 6.45) is 6.95. The minimum atomic E-state index is 0.0957. The van der Waals surface area contributed by atoms with Crippen molar-refractivity contribution in [3.63, 3.8) is 0 Å². The molecular formula is C18H29N3O. The normalized spacial score (nSPS) is 20.0. The summed E-state index contributed by atoms with van der Waals surface area (Å²) < 4.78 is 0. The van der Waals surface area contributed by atoms with Crippen molar-refractivity contribution in [2.75, 3.05) is 19.6 Å². The maximum Gasteiger partial charge on any atom is 0.225 e. The van der Waals surface area contributed by atoms with Gasteiger partial charge in [0.25, 0.3) is 0 Å². The highest BCUT2D eigenvalue weighted by Gasteiger charge is 2.28. The minimum absolute atomic E-state index is 0.0957. The molecule has 0 aromatic carbocycles. The number of hydrogen-bond donors (Lipinski definition) is 0. The van der Waals surface area contributed by atoms with E-state index in [1.54, 1.807) is 12.4 Å². The molecule has 1 aromatic rings. The molecule has 1 aliphatic heterocycles. The lowest BCUT2D eigenvalue weighted by Gasteiger charge is -2.32. The zero-order chi connectivity index (χ0) is 15.9. The first-order valence-corrected chi connectivity index (χ1v) is 8.57. The van der Waals surface area contributed by atoms with Crippen molar-refractivity contribution in [3.05, 3.63) is 30.1 Å². The maximum absolute atomic E-state index is 12.8. The molecule has 4 heteroatoms. The summed E-state index contributed by atoms with van der Waals surface area (Å²) in [5.41, 5.74) is 1.16. The van der Waals surface area contributed by atoms with Crippen molar-refractivity contribution in [1.82, 2.24) is 14.8 Å². The van der Waals surface area contributed by atoms with E-state index in [0.717, 1.165) is 25.1 Å². The van der Waals surface area contributed by atoms with Crippen molar-refractivity contribution in [2.24, 2.45) is 5.92 Å². The van der Waals surface area contributed by atoms with Gasteiger partial charge in [-0.25, -0.2) is 0 Å². The molecule has 0 spiro atoms. The van der Waals surface area contributed by atoms with Crippen LogP contribution in [0.25, 0.3) is 0 Å². The summed E-state index contributed by atoms with van der Waals surface area (Å²) >= 11 is 0. The molecule has 1 saturated heterocycles. The molecular weight excluding hydrogens is 274 g/mol. The number of pyridine rings is 1. The number of rotatable bonds is 7. The van der Waals surface area contributed by atoms with Crippen molar-refractivity contribution in [2.45, 2.75) is 52.6 Å². The standard InChI is InChI=1S/C18H29N3O/c1-4-15(3)18(22)21(13-16-8-10-19-11-9-16)14-17-7-6-12-20(17)5-2/h8-11,15,17H,4-7,12-14H2,1-3H3/t15-,17+/m1/s1. The Bertz CT molecular complexity index is 463. The van der Waals surface area contributed by atoms with Gasteiger partial charge in [0.05, 0.1) is 0 Å². The number of likely N-dealkylation sites (N-methyl/N-ethyl adjacent to an activating group) is 1. The molecule has 0 radical (unpaired) electrons. The van der Waals surface area contributed by atoms with Gasteiger partial charge in [-0.15, -0.1) is 0 Å². The lowest BCUT2D eigenvalue weighted by molar-refractivity contribution is -0.136. The Labute approximate surface area is 134 Å².